The fourth-order valence-corrected chi connectivity index (χ4v) is 1.08. The molecule has 1 aliphatic rings. The molecule has 1 saturated carbocycles. The molecule has 0 amide bonds. The summed E-state index contributed by atoms with van der Waals surface area (Å²) in [5, 5.41) is 3.65. The number of carbonyl (C=O) groups excluding carboxylic acids is 1. The highest BCUT2D eigenvalue weighted by Gasteiger charge is 2.59. The summed E-state index contributed by atoms with van der Waals surface area (Å²) in [6.07, 6.45) is 1.76. The number of hydrogen-bond acceptors (Lipinski definition) is 2. The van der Waals surface area contributed by atoms with E-state index >= 15 is 0 Å². The Kier molecular flexibility index (Phi) is 1.31. The van der Waals surface area contributed by atoms with Gasteiger partial charge in [-0.3, -0.25) is 9.48 Å². The molecule has 2 rings (SSSR count). The fraction of sp³-hybridized carbons (Fsp3) is 0.429. The summed E-state index contributed by atoms with van der Waals surface area (Å²) in [5.41, 5.74) is 0.192. The van der Waals surface area contributed by atoms with Crippen LogP contribution < -0.4 is 0 Å². The lowest BCUT2D eigenvalue weighted by molar-refractivity contribution is 0.0978. The SMILES string of the molecule is O=Cc1ccn([C@H]2CC2(F)F)n1. The van der Waals surface area contributed by atoms with Crippen LogP contribution in [0, 0.1) is 0 Å². The molecule has 0 radical (unpaired) electrons. The van der Waals surface area contributed by atoms with Crippen LogP contribution in [0.4, 0.5) is 8.78 Å². The second-order valence-electron chi connectivity index (χ2n) is 2.82. The number of carbonyl (C=O) groups is 1. The third kappa shape index (κ3) is 1.01. The van der Waals surface area contributed by atoms with Crippen molar-refractivity contribution in [3.05, 3.63) is 18.0 Å². The zero-order chi connectivity index (χ0) is 8.77. The minimum atomic E-state index is -2.63. The van der Waals surface area contributed by atoms with Crippen molar-refractivity contribution in [3.8, 4) is 0 Å². The summed E-state index contributed by atoms with van der Waals surface area (Å²) in [5.74, 6) is -2.63. The van der Waals surface area contributed by atoms with Gasteiger partial charge in [0.25, 0.3) is 5.92 Å². The second kappa shape index (κ2) is 2.12. The van der Waals surface area contributed by atoms with E-state index in [9.17, 15) is 13.6 Å². The van der Waals surface area contributed by atoms with Crippen molar-refractivity contribution >= 4 is 6.29 Å². The molecule has 1 aromatic heterocycles. The molecule has 12 heavy (non-hydrogen) atoms. The Hall–Kier alpha value is -1.26. The maximum atomic E-state index is 12.4. The van der Waals surface area contributed by atoms with Crippen LogP contribution in [0.25, 0.3) is 0 Å². The van der Waals surface area contributed by atoms with Crippen molar-refractivity contribution in [1.29, 1.82) is 0 Å². The number of nitrogens with zero attached hydrogens (tertiary/aromatic N) is 2. The lowest BCUT2D eigenvalue weighted by Gasteiger charge is -1.96. The third-order valence-electron chi connectivity index (χ3n) is 1.86. The van der Waals surface area contributed by atoms with Gasteiger partial charge in [-0.05, 0) is 6.07 Å². The number of halogens is 2. The average Bonchev–Trinajstić information content (AvgIpc) is 2.52. The zero-order valence-electron chi connectivity index (χ0n) is 6.08. The number of aromatic nitrogens is 2. The first kappa shape index (κ1) is 7.39. The summed E-state index contributed by atoms with van der Waals surface area (Å²) in [6.45, 7) is 0. The maximum absolute atomic E-state index is 12.4. The van der Waals surface area contributed by atoms with Crippen molar-refractivity contribution in [2.75, 3.05) is 0 Å². The Morgan fingerprint density at radius 3 is 2.83 bits per heavy atom. The van der Waals surface area contributed by atoms with Gasteiger partial charge in [0.1, 0.15) is 11.7 Å². The molecule has 1 aromatic rings. The molecular weight excluding hydrogens is 166 g/mol. The Morgan fingerprint density at radius 2 is 2.42 bits per heavy atom. The number of alkyl halides is 2. The number of aldehydes is 1. The summed E-state index contributed by atoms with van der Waals surface area (Å²) >= 11 is 0. The molecule has 0 aromatic carbocycles. The first-order valence-corrected chi connectivity index (χ1v) is 3.51. The Labute approximate surface area is 67.0 Å². The molecule has 1 heterocycles. The van der Waals surface area contributed by atoms with E-state index in [1.807, 2.05) is 0 Å². The van der Waals surface area contributed by atoms with Crippen LogP contribution in [-0.4, -0.2) is 22.0 Å². The normalized spacial score (nSPS) is 25.3. The molecular formula is C7H6F2N2O. The molecule has 0 N–H and O–H groups in total. The summed E-state index contributed by atoms with van der Waals surface area (Å²) in [6, 6.07) is 0.577. The maximum Gasteiger partial charge on any atom is 0.272 e. The predicted octanol–water partition coefficient (Wildman–Crippen LogP) is 1.28. The number of rotatable bonds is 2. The first-order chi connectivity index (χ1) is 5.63. The summed E-state index contributed by atoms with van der Waals surface area (Å²) in [4.78, 5) is 10.2. The van der Waals surface area contributed by atoms with Crippen molar-refractivity contribution in [2.24, 2.45) is 0 Å². The molecule has 0 saturated heterocycles. The number of hydrogen-bond donors (Lipinski definition) is 0. The van der Waals surface area contributed by atoms with Gasteiger partial charge >= 0.3 is 0 Å². The van der Waals surface area contributed by atoms with E-state index < -0.39 is 12.0 Å². The van der Waals surface area contributed by atoms with Crippen molar-refractivity contribution < 1.29 is 13.6 Å². The first-order valence-electron chi connectivity index (χ1n) is 3.51. The fourth-order valence-electron chi connectivity index (χ4n) is 1.08. The van der Waals surface area contributed by atoms with Crippen molar-refractivity contribution in [3.63, 3.8) is 0 Å². The summed E-state index contributed by atoms with van der Waals surface area (Å²) in [7, 11) is 0. The molecule has 0 aliphatic heterocycles. The minimum absolute atomic E-state index is 0.174. The van der Waals surface area contributed by atoms with Crippen LogP contribution in [0.15, 0.2) is 12.3 Å². The van der Waals surface area contributed by atoms with Gasteiger partial charge in [-0.25, -0.2) is 8.78 Å². The van der Waals surface area contributed by atoms with Gasteiger partial charge in [0.15, 0.2) is 6.29 Å². The minimum Gasteiger partial charge on any atom is -0.296 e. The molecule has 0 unspecified atom stereocenters. The summed E-state index contributed by atoms with van der Waals surface area (Å²) < 4.78 is 26.0. The van der Waals surface area contributed by atoms with E-state index in [0.29, 0.717) is 6.29 Å². The van der Waals surface area contributed by atoms with Crippen LogP contribution in [0.2, 0.25) is 0 Å². The van der Waals surface area contributed by atoms with Gasteiger partial charge in [-0.15, -0.1) is 0 Å². The quantitative estimate of drug-likeness (QED) is 0.630. The Bertz CT molecular complexity index is 321. The van der Waals surface area contributed by atoms with E-state index in [2.05, 4.69) is 5.10 Å². The Morgan fingerprint density at radius 1 is 1.75 bits per heavy atom. The van der Waals surface area contributed by atoms with Crippen LogP contribution in [0.5, 0.6) is 0 Å². The molecule has 0 spiro atoms. The highest BCUT2D eigenvalue weighted by molar-refractivity contribution is 5.71. The standard InChI is InChI=1S/C7H6F2N2O/c8-7(9)3-6(7)11-2-1-5(4-12)10-11/h1-2,4,6H,3H2/t6-/m0/s1. The molecule has 3 nitrogen and oxygen atoms in total. The highest BCUT2D eigenvalue weighted by atomic mass is 19.3. The topological polar surface area (TPSA) is 34.9 Å². The molecule has 5 heteroatoms. The van der Waals surface area contributed by atoms with Crippen LogP contribution in [0.3, 0.4) is 0 Å². The van der Waals surface area contributed by atoms with E-state index in [-0.39, 0.29) is 12.1 Å². The van der Waals surface area contributed by atoms with Crippen molar-refractivity contribution in [2.45, 2.75) is 18.4 Å². The zero-order valence-corrected chi connectivity index (χ0v) is 6.08. The van der Waals surface area contributed by atoms with Crippen LogP contribution >= 0.6 is 0 Å². The smallest absolute Gasteiger partial charge is 0.272 e. The molecule has 1 fully saturated rings. The monoisotopic (exact) mass is 172 g/mol. The van der Waals surface area contributed by atoms with E-state index in [0.717, 1.165) is 4.68 Å². The molecule has 64 valence electrons. The third-order valence-corrected chi connectivity index (χ3v) is 1.86. The van der Waals surface area contributed by atoms with Gasteiger partial charge < -0.3 is 0 Å². The lowest BCUT2D eigenvalue weighted by Crippen LogP contribution is -2.03. The van der Waals surface area contributed by atoms with E-state index in [1.54, 1.807) is 0 Å². The average molecular weight is 172 g/mol. The van der Waals surface area contributed by atoms with Crippen molar-refractivity contribution in [1.82, 2.24) is 9.78 Å². The lowest BCUT2D eigenvalue weighted by atomic mass is 10.5. The molecule has 0 bridgehead atoms. The van der Waals surface area contributed by atoms with E-state index in [4.69, 9.17) is 0 Å². The highest BCUT2D eigenvalue weighted by Crippen LogP contribution is 2.51. The van der Waals surface area contributed by atoms with Crippen LogP contribution in [-0.2, 0) is 0 Å². The van der Waals surface area contributed by atoms with Gasteiger partial charge in [-0.1, -0.05) is 0 Å². The van der Waals surface area contributed by atoms with Gasteiger partial charge in [0.2, 0.25) is 0 Å². The van der Waals surface area contributed by atoms with Crippen LogP contribution in [0.1, 0.15) is 23.0 Å². The second-order valence-corrected chi connectivity index (χ2v) is 2.82. The predicted molar refractivity (Wildman–Crippen MR) is 36.2 cm³/mol. The molecule has 1 atom stereocenters. The van der Waals surface area contributed by atoms with Gasteiger partial charge in [0, 0.05) is 12.6 Å². The largest absolute Gasteiger partial charge is 0.296 e. The van der Waals surface area contributed by atoms with Gasteiger partial charge in [0.05, 0.1) is 0 Å². The van der Waals surface area contributed by atoms with E-state index in [1.165, 1.54) is 12.3 Å². The Balaban J connectivity index is 2.20. The molecule has 1 aliphatic carbocycles. The van der Waals surface area contributed by atoms with Gasteiger partial charge in [-0.2, -0.15) is 5.10 Å².